The second kappa shape index (κ2) is 12.1. The molecule has 0 saturated carbocycles. The minimum Gasteiger partial charge on any atom is -0.462 e. The highest BCUT2D eigenvalue weighted by Crippen LogP contribution is 2.34. The number of anilines is 1. The third kappa shape index (κ3) is 7.29. The van der Waals surface area contributed by atoms with Crippen molar-refractivity contribution in [3.63, 3.8) is 0 Å². The van der Waals surface area contributed by atoms with Gasteiger partial charge in [0.2, 0.25) is 0 Å². The van der Waals surface area contributed by atoms with Crippen molar-refractivity contribution < 1.29 is 33.4 Å². The number of carbonyl (C=O) groups excluding carboxylic acids is 5. The summed E-state index contributed by atoms with van der Waals surface area (Å²) in [5.74, 6) is -2.45. The fourth-order valence-electron chi connectivity index (χ4n) is 3.04. The van der Waals surface area contributed by atoms with E-state index >= 15 is 0 Å². The van der Waals surface area contributed by atoms with Gasteiger partial charge in [-0.3, -0.25) is 14.4 Å². The van der Waals surface area contributed by atoms with Crippen LogP contribution in [-0.4, -0.2) is 42.9 Å². The van der Waals surface area contributed by atoms with Gasteiger partial charge in [0.15, 0.2) is 12.4 Å². The predicted octanol–water partition coefficient (Wildman–Crippen LogP) is 3.37. The van der Waals surface area contributed by atoms with Crippen LogP contribution in [0.1, 0.15) is 57.5 Å². The molecule has 0 fully saturated rings. The molecule has 12 heteroatoms. The lowest BCUT2D eigenvalue weighted by Gasteiger charge is -2.17. The lowest BCUT2D eigenvalue weighted by molar-refractivity contribution is -0.147. The van der Waals surface area contributed by atoms with Crippen molar-refractivity contribution in [1.29, 1.82) is 0 Å². The van der Waals surface area contributed by atoms with Gasteiger partial charge in [-0.2, -0.15) is 0 Å². The number of halogens is 1. The van der Waals surface area contributed by atoms with Crippen molar-refractivity contribution in [2.75, 3.05) is 18.5 Å². The first-order chi connectivity index (χ1) is 16.0. The molecule has 1 heterocycles. The Morgan fingerprint density at radius 3 is 2.32 bits per heavy atom. The van der Waals surface area contributed by atoms with E-state index in [2.05, 4.69) is 10.6 Å². The maximum Gasteiger partial charge on any atom is 0.341 e. The Hall–Kier alpha value is -3.44. The van der Waals surface area contributed by atoms with E-state index < -0.39 is 36.5 Å². The Balaban J connectivity index is 2.06. The first-order valence-electron chi connectivity index (χ1n) is 10.1. The molecule has 1 aromatic heterocycles. The summed E-state index contributed by atoms with van der Waals surface area (Å²) in [4.78, 5) is 60.5. The molecule has 182 valence electrons. The largest absolute Gasteiger partial charge is 0.462 e. The summed E-state index contributed by atoms with van der Waals surface area (Å²) >= 11 is 6.79. The molecule has 0 spiro atoms. The highest BCUT2D eigenvalue weighted by molar-refractivity contribution is 7.18. The summed E-state index contributed by atoms with van der Waals surface area (Å²) in [5, 5.41) is 5.52. The van der Waals surface area contributed by atoms with Gasteiger partial charge in [-0.1, -0.05) is 23.7 Å². The molecule has 3 amide bonds. The fraction of sp³-hybridized carbons (Fsp3) is 0.318. The van der Waals surface area contributed by atoms with Gasteiger partial charge in [-0.15, -0.1) is 11.3 Å². The number of carbonyl (C=O) groups is 5. The monoisotopic (exact) mass is 509 g/mol. The zero-order valence-corrected chi connectivity index (χ0v) is 20.3. The van der Waals surface area contributed by atoms with E-state index in [-0.39, 0.29) is 29.4 Å². The van der Waals surface area contributed by atoms with E-state index in [4.69, 9.17) is 26.8 Å². The van der Waals surface area contributed by atoms with Crippen molar-refractivity contribution in [2.45, 2.75) is 33.2 Å². The van der Waals surface area contributed by atoms with Gasteiger partial charge < -0.3 is 25.8 Å². The molecule has 0 aliphatic heterocycles. The number of primary amides is 1. The number of nitrogens with two attached hydrogens (primary N) is 1. The summed E-state index contributed by atoms with van der Waals surface area (Å²) < 4.78 is 10.0. The average Bonchev–Trinajstić information content (AvgIpc) is 3.08. The molecule has 4 N–H and O–H groups in total. The molecule has 0 radical (unpaired) electrons. The standard InChI is InChI=1S/C22H24ClN3O7S/c1-4-32-21(30)18-11(2)19(12(3)27)34-20(18)26-16(28)10-33-17(29)9-15(25-22(24)31)13-5-7-14(23)8-6-13/h5-8,15H,4,9-10H2,1-3H3,(H,26,28)(H3,24,25,31). The maximum atomic E-state index is 12.4. The summed E-state index contributed by atoms with van der Waals surface area (Å²) in [7, 11) is 0. The van der Waals surface area contributed by atoms with Gasteiger partial charge in [-0.25, -0.2) is 9.59 Å². The smallest absolute Gasteiger partial charge is 0.341 e. The van der Waals surface area contributed by atoms with Gasteiger partial charge in [0.1, 0.15) is 5.00 Å². The van der Waals surface area contributed by atoms with Gasteiger partial charge in [0.25, 0.3) is 5.91 Å². The lowest BCUT2D eigenvalue weighted by Crippen LogP contribution is -2.35. The number of ketones is 1. The zero-order valence-electron chi connectivity index (χ0n) is 18.7. The molecule has 0 saturated heterocycles. The fourth-order valence-corrected chi connectivity index (χ4v) is 4.27. The molecule has 1 atom stereocenters. The number of nitrogens with one attached hydrogen (secondary N) is 2. The summed E-state index contributed by atoms with van der Waals surface area (Å²) in [5.41, 5.74) is 6.22. The SMILES string of the molecule is CCOC(=O)c1c(NC(=O)COC(=O)CC(NC(N)=O)c2ccc(Cl)cc2)sc(C(C)=O)c1C. The number of Topliss-reactive ketones (excluding diaryl/α,β-unsaturated/α-hetero) is 1. The zero-order chi connectivity index (χ0) is 25.4. The molecule has 0 aliphatic carbocycles. The number of hydrogen-bond acceptors (Lipinski definition) is 8. The van der Waals surface area contributed by atoms with E-state index in [1.54, 1.807) is 38.1 Å². The molecule has 1 unspecified atom stereocenters. The van der Waals surface area contributed by atoms with Crippen molar-refractivity contribution in [3.05, 3.63) is 50.9 Å². The number of urea groups is 1. The number of rotatable bonds is 10. The number of benzene rings is 1. The van der Waals surface area contributed by atoms with Crippen LogP contribution in [0.15, 0.2) is 24.3 Å². The lowest BCUT2D eigenvalue weighted by atomic mass is 10.0. The molecule has 0 bridgehead atoms. The maximum absolute atomic E-state index is 12.4. The highest BCUT2D eigenvalue weighted by atomic mass is 35.5. The van der Waals surface area contributed by atoms with Gasteiger partial charge >= 0.3 is 18.0 Å². The number of ether oxygens (including phenoxy) is 2. The van der Waals surface area contributed by atoms with Crippen LogP contribution in [0.3, 0.4) is 0 Å². The highest BCUT2D eigenvalue weighted by Gasteiger charge is 2.26. The third-order valence-corrected chi connectivity index (χ3v) is 6.08. The average molecular weight is 510 g/mol. The van der Waals surface area contributed by atoms with Crippen LogP contribution in [0.4, 0.5) is 9.80 Å². The number of thiophene rings is 1. The van der Waals surface area contributed by atoms with Crippen molar-refractivity contribution in [3.8, 4) is 0 Å². The van der Waals surface area contributed by atoms with Gasteiger partial charge in [-0.05, 0) is 44.0 Å². The number of esters is 2. The topological polar surface area (TPSA) is 154 Å². The molecule has 1 aromatic carbocycles. The Kier molecular flexibility index (Phi) is 9.58. The van der Waals surface area contributed by atoms with Crippen molar-refractivity contribution >= 4 is 57.6 Å². The quantitative estimate of drug-likeness (QED) is 0.327. The van der Waals surface area contributed by atoms with Crippen molar-refractivity contribution in [2.24, 2.45) is 5.73 Å². The second-order valence-electron chi connectivity index (χ2n) is 7.06. The molecule has 34 heavy (non-hydrogen) atoms. The first kappa shape index (κ1) is 26.8. The predicted molar refractivity (Wildman–Crippen MR) is 126 cm³/mol. The molecule has 2 rings (SSSR count). The minimum atomic E-state index is -0.841. The first-order valence-corrected chi connectivity index (χ1v) is 11.3. The van der Waals surface area contributed by atoms with Gasteiger partial charge in [0.05, 0.1) is 29.5 Å². The van der Waals surface area contributed by atoms with Crippen molar-refractivity contribution in [1.82, 2.24) is 5.32 Å². The van der Waals surface area contributed by atoms with Crippen LogP contribution in [0, 0.1) is 6.92 Å². The Labute approximate surface area is 204 Å². The second-order valence-corrected chi connectivity index (χ2v) is 8.52. The van der Waals surface area contributed by atoms with E-state index in [0.717, 1.165) is 11.3 Å². The Morgan fingerprint density at radius 1 is 1.12 bits per heavy atom. The number of amides is 3. The Bertz CT molecular complexity index is 1100. The molecule has 2 aromatic rings. The molecule has 0 aliphatic rings. The summed E-state index contributed by atoms with van der Waals surface area (Å²) in [6.45, 7) is 4.02. The van der Waals surface area contributed by atoms with Crippen LogP contribution in [0.5, 0.6) is 0 Å². The van der Waals surface area contributed by atoms with Crippen LogP contribution in [0.2, 0.25) is 5.02 Å². The Morgan fingerprint density at radius 2 is 1.76 bits per heavy atom. The third-order valence-electron chi connectivity index (χ3n) is 4.52. The van der Waals surface area contributed by atoms with E-state index in [0.29, 0.717) is 21.0 Å². The van der Waals surface area contributed by atoms with Crippen LogP contribution >= 0.6 is 22.9 Å². The van der Waals surface area contributed by atoms with Crippen LogP contribution in [0.25, 0.3) is 0 Å². The molecular formula is C22H24ClN3O7S. The van der Waals surface area contributed by atoms with E-state index in [9.17, 15) is 24.0 Å². The minimum absolute atomic E-state index is 0.0742. The molecular weight excluding hydrogens is 486 g/mol. The summed E-state index contributed by atoms with van der Waals surface area (Å²) in [6.07, 6.45) is -0.293. The van der Waals surface area contributed by atoms with Gasteiger partial charge in [0, 0.05) is 5.02 Å². The van der Waals surface area contributed by atoms with E-state index in [1.807, 2.05) is 0 Å². The molecule has 10 nitrogen and oxygen atoms in total. The van der Waals surface area contributed by atoms with Crippen LogP contribution < -0.4 is 16.4 Å². The van der Waals surface area contributed by atoms with Crippen LogP contribution in [-0.2, 0) is 19.1 Å². The van der Waals surface area contributed by atoms with E-state index in [1.165, 1.54) is 6.92 Å². The summed E-state index contributed by atoms with van der Waals surface area (Å²) in [6, 6.07) is 4.78. The number of hydrogen-bond donors (Lipinski definition) is 3. The normalized spacial score (nSPS) is 11.3.